The topological polar surface area (TPSA) is 91.2 Å². The number of hydrogen-bond donors (Lipinski definition) is 2. The van der Waals surface area contributed by atoms with Gasteiger partial charge in [-0.25, -0.2) is 4.79 Å². The van der Waals surface area contributed by atoms with Crippen molar-refractivity contribution in [2.45, 2.75) is 33.1 Å². The van der Waals surface area contributed by atoms with E-state index in [1.807, 2.05) is 30.3 Å². The molecular formula is C23H25N3O3. The van der Waals surface area contributed by atoms with E-state index >= 15 is 0 Å². The first-order chi connectivity index (χ1) is 14.0. The molecule has 6 heteroatoms. The van der Waals surface area contributed by atoms with Gasteiger partial charge in [-0.05, 0) is 55.2 Å². The number of ether oxygens (including phenoxy) is 1. The van der Waals surface area contributed by atoms with E-state index < -0.39 is 11.9 Å². The Kier molecular flexibility index (Phi) is 7.99. The largest absolute Gasteiger partial charge is 0.462 e. The fourth-order valence-corrected chi connectivity index (χ4v) is 2.68. The third-order valence-corrected chi connectivity index (χ3v) is 4.50. The summed E-state index contributed by atoms with van der Waals surface area (Å²) in [6.07, 6.45) is 2.39. The van der Waals surface area contributed by atoms with E-state index in [1.54, 1.807) is 31.2 Å². The highest BCUT2D eigenvalue weighted by atomic mass is 16.5. The van der Waals surface area contributed by atoms with Crippen LogP contribution in [0.1, 0.15) is 49.0 Å². The Labute approximate surface area is 171 Å². The summed E-state index contributed by atoms with van der Waals surface area (Å²) in [5.41, 5.74) is 2.80. The van der Waals surface area contributed by atoms with Crippen LogP contribution in [-0.2, 0) is 9.53 Å². The lowest BCUT2D eigenvalue weighted by Crippen LogP contribution is -2.15. The number of anilines is 2. The molecule has 150 valence electrons. The number of para-hydroxylation sites is 1. The molecule has 0 saturated carbocycles. The average Bonchev–Trinajstić information content (AvgIpc) is 2.74. The molecule has 1 unspecified atom stereocenters. The van der Waals surface area contributed by atoms with E-state index in [0.717, 1.165) is 17.7 Å². The average molecular weight is 391 g/mol. The van der Waals surface area contributed by atoms with Gasteiger partial charge in [0.15, 0.2) is 0 Å². The van der Waals surface area contributed by atoms with Crippen LogP contribution in [0.15, 0.2) is 60.3 Å². The van der Waals surface area contributed by atoms with Crippen molar-refractivity contribution in [1.29, 1.82) is 5.26 Å². The van der Waals surface area contributed by atoms with Gasteiger partial charge in [0.05, 0.1) is 12.2 Å². The molecule has 6 nitrogen and oxygen atoms in total. The zero-order valence-corrected chi connectivity index (χ0v) is 16.9. The summed E-state index contributed by atoms with van der Waals surface area (Å²) in [4.78, 5) is 24.1. The molecule has 0 aliphatic rings. The van der Waals surface area contributed by atoms with E-state index in [-0.39, 0.29) is 5.57 Å². The van der Waals surface area contributed by atoms with Crippen LogP contribution in [-0.4, -0.2) is 18.5 Å². The highest BCUT2D eigenvalue weighted by Gasteiger charge is 2.12. The van der Waals surface area contributed by atoms with Crippen LogP contribution in [0.4, 0.5) is 11.4 Å². The van der Waals surface area contributed by atoms with Crippen LogP contribution < -0.4 is 10.6 Å². The van der Waals surface area contributed by atoms with Crippen molar-refractivity contribution >= 4 is 23.3 Å². The molecular weight excluding hydrogens is 366 g/mol. The van der Waals surface area contributed by atoms with Gasteiger partial charge < -0.3 is 15.4 Å². The maximum absolute atomic E-state index is 12.4. The number of rotatable bonds is 8. The second-order valence-electron chi connectivity index (χ2n) is 6.46. The number of carbonyl (C=O) groups excluding carboxylic acids is 2. The first-order valence-corrected chi connectivity index (χ1v) is 9.54. The van der Waals surface area contributed by atoms with Crippen molar-refractivity contribution in [3.05, 3.63) is 71.4 Å². The van der Waals surface area contributed by atoms with Crippen LogP contribution >= 0.6 is 0 Å². The van der Waals surface area contributed by atoms with Crippen molar-refractivity contribution in [1.82, 2.24) is 0 Å². The zero-order valence-electron chi connectivity index (χ0n) is 16.9. The van der Waals surface area contributed by atoms with Crippen molar-refractivity contribution in [3.8, 4) is 6.07 Å². The zero-order chi connectivity index (χ0) is 21.2. The fourth-order valence-electron chi connectivity index (χ4n) is 2.68. The monoisotopic (exact) mass is 391 g/mol. The lowest BCUT2D eigenvalue weighted by Gasteiger charge is -2.14. The standard InChI is InChI=1S/C23H25N3O3/c1-4-16(3)20-8-6-7-9-21(20)25-15-18(14-24)22(27)26-19-12-10-17(11-13-19)23(28)29-5-2/h6-13,15-16,25H,4-5H2,1-3H3,(H,26,27)/b18-15-. The second kappa shape index (κ2) is 10.7. The quantitative estimate of drug-likeness (QED) is 0.382. The van der Waals surface area contributed by atoms with Crippen molar-refractivity contribution in [3.63, 3.8) is 0 Å². The summed E-state index contributed by atoms with van der Waals surface area (Å²) in [5, 5.41) is 15.1. The molecule has 2 N–H and O–H groups in total. The first-order valence-electron chi connectivity index (χ1n) is 9.54. The Balaban J connectivity index is 2.09. The third kappa shape index (κ3) is 5.94. The Bertz CT molecular complexity index is 927. The molecule has 0 aliphatic carbocycles. The van der Waals surface area contributed by atoms with Crippen LogP contribution in [0.25, 0.3) is 0 Å². The number of nitriles is 1. The predicted molar refractivity (Wildman–Crippen MR) is 113 cm³/mol. The van der Waals surface area contributed by atoms with Gasteiger partial charge in [-0.1, -0.05) is 32.0 Å². The number of esters is 1. The third-order valence-electron chi connectivity index (χ3n) is 4.50. The Morgan fingerprint density at radius 3 is 2.45 bits per heavy atom. The van der Waals surface area contributed by atoms with Gasteiger partial charge in [-0.15, -0.1) is 0 Å². The molecule has 29 heavy (non-hydrogen) atoms. The Morgan fingerprint density at radius 2 is 1.83 bits per heavy atom. The van der Waals surface area contributed by atoms with E-state index in [9.17, 15) is 14.9 Å². The van der Waals surface area contributed by atoms with Gasteiger partial charge >= 0.3 is 5.97 Å². The molecule has 2 rings (SSSR count). The SMILES string of the molecule is CCOC(=O)c1ccc(NC(=O)/C(C#N)=C\Nc2ccccc2C(C)CC)cc1. The molecule has 1 atom stereocenters. The normalized spacial score (nSPS) is 11.9. The van der Waals surface area contributed by atoms with Crippen LogP contribution in [0, 0.1) is 11.3 Å². The highest BCUT2D eigenvalue weighted by Crippen LogP contribution is 2.26. The minimum Gasteiger partial charge on any atom is -0.462 e. The van der Waals surface area contributed by atoms with Crippen LogP contribution in [0.5, 0.6) is 0 Å². The molecule has 0 spiro atoms. The van der Waals surface area contributed by atoms with Crippen LogP contribution in [0.2, 0.25) is 0 Å². The van der Waals surface area contributed by atoms with Gasteiger partial charge in [0, 0.05) is 17.6 Å². The van der Waals surface area contributed by atoms with Gasteiger partial charge in [0.2, 0.25) is 0 Å². The number of amides is 1. The Morgan fingerprint density at radius 1 is 1.14 bits per heavy atom. The van der Waals surface area contributed by atoms with Crippen molar-refractivity contribution < 1.29 is 14.3 Å². The maximum Gasteiger partial charge on any atom is 0.338 e. The second-order valence-corrected chi connectivity index (χ2v) is 6.46. The summed E-state index contributed by atoms with van der Waals surface area (Å²) in [6.45, 7) is 6.26. The molecule has 0 fully saturated rings. The number of benzene rings is 2. The number of carbonyl (C=O) groups is 2. The van der Waals surface area contributed by atoms with Gasteiger partial charge in [0.25, 0.3) is 5.91 Å². The van der Waals surface area contributed by atoms with Gasteiger partial charge in [-0.3, -0.25) is 4.79 Å². The highest BCUT2D eigenvalue weighted by molar-refractivity contribution is 6.06. The minimum absolute atomic E-state index is 0.0570. The molecule has 0 saturated heterocycles. The lowest BCUT2D eigenvalue weighted by molar-refractivity contribution is -0.112. The van der Waals surface area contributed by atoms with Crippen molar-refractivity contribution in [2.24, 2.45) is 0 Å². The van der Waals surface area contributed by atoms with Gasteiger partial charge in [0.1, 0.15) is 11.6 Å². The number of nitrogens with zero attached hydrogens (tertiary/aromatic N) is 1. The molecule has 0 aliphatic heterocycles. The lowest BCUT2D eigenvalue weighted by atomic mass is 9.97. The van der Waals surface area contributed by atoms with Crippen LogP contribution in [0.3, 0.4) is 0 Å². The maximum atomic E-state index is 12.4. The minimum atomic E-state index is -0.537. The van der Waals surface area contributed by atoms with Gasteiger partial charge in [-0.2, -0.15) is 5.26 Å². The Hall–Kier alpha value is -3.59. The number of hydrogen-bond acceptors (Lipinski definition) is 5. The summed E-state index contributed by atoms with van der Waals surface area (Å²) in [6, 6.07) is 16.0. The van der Waals surface area contributed by atoms with E-state index in [4.69, 9.17) is 4.74 Å². The summed E-state index contributed by atoms with van der Waals surface area (Å²) in [5.74, 6) is -0.610. The molecule has 0 aromatic heterocycles. The van der Waals surface area contributed by atoms with E-state index in [0.29, 0.717) is 23.8 Å². The summed E-state index contributed by atoms with van der Waals surface area (Å²) < 4.78 is 4.93. The molecule has 0 heterocycles. The molecule has 2 aromatic carbocycles. The number of nitrogens with one attached hydrogen (secondary N) is 2. The first kappa shape index (κ1) is 21.7. The van der Waals surface area contributed by atoms with E-state index in [2.05, 4.69) is 24.5 Å². The predicted octanol–water partition coefficient (Wildman–Crippen LogP) is 4.83. The summed E-state index contributed by atoms with van der Waals surface area (Å²) in [7, 11) is 0. The molecule has 0 radical (unpaired) electrons. The van der Waals surface area contributed by atoms with E-state index in [1.165, 1.54) is 6.20 Å². The smallest absolute Gasteiger partial charge is 0.338 e. The summed E-state index contributed by atoms with van der Waals surface area (Å²) >= 11 is 0. The molecule has 0 bridgehead atoms. The molecule has 1 amide bonds. The fraction of sp³-hybridized carbons (Fsp3) is 0.261. The molecule has 2 aromatic rings. The van der Waals surface area contributed by atoms with Crippen molar-refractivity contribution in [2.75, 3.05) is 17.2 Å².